The van der Waals surface area contributed by atoms with Gasteiger partial charge >= 0.3 is 0 Å². The molecule has 1 N–H and O–H groups in total. The van der Waals surface area contributed by atoms with Crippen LogP contribution in [0.2, 0.25) is 0 Å². The van der Waals surface area contributed by atoms with Gasteiger partial charge in [-0.05, 0) is 48.4 Å². The minimum atomic E-state index is -0.0800. The number of hydrogen-bond acceptors (Lipinski definition) is 5. The molecular formula is C25H25N3O3S. The lowest BCUT2D eigenvalue weighted by atomic mass is 10.1. The monoisotopic (exact) mass is 447 g/mol. The molecule has 0 aliphatic heterocycles. The molecule has 0 saturated carbocycles. The number of imidazole rings is 1. The summed E-state index contributed by atoms with van der Waals surface area (Å²) in [5.41, 5.74) is 3.64. The molecule has 0 fully saturated rings. The average Bonchev–Trinajstić information content (AvgIpc) is 3.25. The second-order valence-electron chi connectivity index (χ2n) is 7.18. The fourth-order valence-corrected chi connectivity index (χ4v) is 4.37. The smallest absolute Gasteiger partial charge is 0.252 e. The summed E-state index contributed by atoms with van der Waals surface area (Å²) < 4.78 is 12.6. The fraction of sp³-hybridized carbons (Fsp3) is 0.200. The van der Waals surface area contributed by atoms with Crippen LogP contribution in [0.5, 0.6) is 11.5 Å². The predicted octanol–water partition coefficient (Wildman–Crippen LogP) is 4.62. The molecule has 0 radical (unpaired) electrons. The lowest BCUT2D eigenvalue weighted by Crippen LogP contribution is -2.26. The number of nitrogens with zero attached hydrogens (tertiary/aromatic N) is 2. The summed E-state index contributed by atoms with van der Waals surface area (Å²) in [5.74, 6) is 1.99. The van der Waals surface area contributed by atoms with Crippen molar-refractivity contribution in [3.63, 3.8) is 0 Å². The second kappa shape index (κ2) is 10.2. The minimum absolute atomic E-state index is 0.0800. The molecule has 0 bridgehead atoms. The Hall–Kier alpha value is -3.45. The first-order valence-electron chi connectivity index (χ1n) is 10.3. The number of pyridine rings is 1. The number of fused-ring (bicyclic) bond motifs is 1. The highest BCUT2D eigenvalue weighted by Gasteiger charge is 2.12. The summed E-state index contributed by atoms with van der Waals surface area (Å²) >= 11 is 1.62. The molecule has 2 aromatic heterocycles. The van der Waals surface area contributed by atoms with Crippen LogP contribution in [-0.4, -0.2) is 36.1 Å². The normalized spacial score (nSPS) is 10.8. The summed E-state index contributed by atoms with van der Waals surface area (Å²) in [5, 5.41) is 3.03. The number of carbonyl (C=O) groups excluding carboxylic acids is 1. The number of carbonyl (C=O) groups is 1. The van der Waals surface area contributed by atoms with E-state index < -0.39 is 0 Å². The van der Waals surface area contributed by atoms with E-state index in [2.05, 4.69) is 10.3 Å². The molecule has 0 atom stereocenters. The summed E-state index contributed by atoms with van der Waals surface area (Å²) in [6.07, 6.45) is 4.70. The van der Waals surface area contributed by atoms with E-state index in [9.17, 15) is 4.79 Å². The number of hydrogen-bond donors (Lipinski definition) is 1. The molecule has 4 rings (SSSR count). The first-order valence-corrected chi connectivity index (χ1v) is 11.3. The number of nitrogens with one attached hydrogen (secondary N) is 1. The SMILES string of the molecule is COc1ccc(CCNC(=O)c2ccccc2SCc2cn3ccccc3n2)cc1OC. The van der Waals surface area contributed by atoms with Crippen molar-refractivity contribution in [3.05, 3.63) is 89.9 Å². The van der Waals surface area contributed by atoms with E-state index in [4.69, 9.17) is 9.47 Å². The van der Waals surface area contributed by atoms with Crippen LogP contribution in [0, 0.1) is 0 Å². The number of benzene rings is 2. The Balaban J connectivity index is 1.37. The van der Waals surface area contributed by atoms with Gasteiger partial charge in [-0.15, -0.1) is 11.8 Å². The number of methoxy groups -OCH3 is 2. The first kappa shape index (κ1) is 21.8. The van der Waals surface area contributed by atoms with Crippen LogP contribution in [0.25, 0.3) is 5.65 Å². The topological polar surface area (TPSA) is 64.9 Å². The maximum atomic E-state index is 12.8. The Bertz CT molecular complexity index is 1190. The van der Waals surface area contributed by atoms with Crippen molar-refractivity contribution in [1.82, 2.24) is 14.7 Å². The van der Waals surface area contributed by atoms with Gasteiger partial charge in [0.2, 0.25) is 0 Å². The molecule has 6 nitrogen and oxygen atoms in total. The molecule has 0 aliphatic carbocycles. The third kappa shape index (κ3) is 5.06. The van der Waals surface area contributed by atoms with Gasteiger partial charge < -0.3 is 19.2 Å². The van der Waals surface area contributed by atoms with Crippen molar-refractivity contribution in [2.45, 2.75) is 17.1 Å². The number of amides is 1. The minimum Gasteiger partial charge on any atom is -0.493 e. The highest BCUT2D eigenvalue weighted by atomic mass is 32.2. The molecule has 4 aromatic rings. The summed E-state index contributed by atoms with van der Waals surface area (Å²) in [6.45, 7) is 0.528. The fourth-order valence-electron chi connectivity index (χ4n) is 3.44. The zero-order valence-electron chi connectivity index (χ0n) is 18.1. The third-order valence-corrected chi connectivity index (χ3v) is 6.18. The predicted molar refractivity (Wildman–Crippen MR) is 127 cm³/mol. The molecule has 0 saturated heterocycles. The van der Waals surface area contributed by atoms with Crippen molar-refractivity contribution in [2.24, 2.45) is 0 Å². The van der Waals surface area contributed by atoms with Crippen molar-refractivity contribution < 1.29 is 14.3 Å². The maximum Gasteiger partial charge on any atom is 0.252 e. The van der Waals surface area contributed by atoms with Gasteiger partial charge in [-0.25, -0.2) is 4.98 Å². The standard InChI is InChI=1S/C25H25N3O3S/c1-30-21-11-10-18(15-22(21)31-2)12-13-26-25(29)20-7-3-4-8-23(20)32-17-19-16-28-14-6-5-9-24(28)27-19/h3-11,14-16H,12-13,17H2,1-2H3,(H,26,29). The van der Waals surface area contributed by atoms with E-state index in [1.165, 1.54) is 0 Å². The summed E-state index contributed by atoms with van der Waals surface area (Å²) in [6, 6.07) is 19.4. The van der Waals surface area contributed by atoms with Crippen molar-refractivity contribution in [2.75, 3.05) is 20.8 Å². The summed E-state index contributed by atoms with van der Waals surface area (Å²) in [4.78, 5) is 18.4. The molecule has 0 spiro atoms. The number of rotatable bonds is 9. The van der Waals surface area contributed by atoms with E-state index in [0.29, 0.717) is 35.8 Å². The van der Waals surface area contributed by atoms with Gasteiger partial charge in [0, 0.05) is 29.6 Å². The number of aromatic nitrogens is 2. The first-order chi connectivity index (χ1) is 15.7. The lowest BCUT2D eigenvalue weighted by molar-refractivity contribution is 0.0951. The molecule has 164 valence electrons. The Morgan fingerprint density at radius 2 is 1.84 bits per heavy atom. The Morgan fingerprint density at radius 3 is 2.66 bits per heavy atom. The molecule has 2 aromatic carbocycles. The van der Waals surface area contributed by atoms with E-state index >= 15 is 0 Å². The maximum absolute atomic E-state index is 12.8. The van der Waals surface area contributed by atoms with Crippen LogP contribution in [0.15, 0.2) is 78.0 Å². The van der Waals surface area contributed by atoms with Gasteiger partial charge in [0.05, 0.1) is 25.5 Å². The van der Waals surface area contributed by atoms with Crippen LogP contribution in [0.4, 0.5) is 0 Å². The molecule has 0 unspecified atom stereocenters. The van der Waals surface area contributed by atoms with Gasteiger partial charge in [0.25, 0.3) is 5.91 Å². The highest BCUT2D eigenvalue weighted by Crippen LogP contribution is 2.28. The van der Waals surface area contributed by atoms with Gasteiger partial charge in [-0.1, -0.05) is 24.3 Å². The van der Waals surface area contributed by atoms with Crippen LogP contribution in [0.1, 0.15) is 21.6 Å². The molecule has 7 heteroatoms. The molecule has 2 heterocycles. The van der Waals surface area contributed by atoms with E-state index in [0.717, 1.165) is 21.8 Å². The number of thioether (sulfide) groups is 1. The van der Waals surface area contributed by atoms with E-state index in [1.54, 1.807) is 26.0 Å². The molecule has 32 heavy (non-hydrogen) atoms. The summed E-state index contributed by atoms with van der Waals surface area (Å²) in [7, 11) is 3.23. The van der Waals surface area contributed by atoms with Crippen LogP contribution < -0.4 is 14.8 Å². The van der Waals surface area contributed by atoms with Crippen LogP contribution in [-0.2, 0) is 12.2 Å². The second-order valence-corrected chi connectivity index (χ2v) is 8.20. The number of ether oxygens (including phenoxy) is 2. The van der Waals surface area contributed by atoms with Crippen molar-refractivity contribution in [3.8, 4) is 11.5 Å². The van der Waals surface area contributed by atoms with Gasteiger partial charge in [0.1, 0.15) is 5.65 Å². The van der Waals surface area contributed by atoms with Crippen molar-refractivity contribution in [1.29, 1.82) is 0 Å². The Labute approximate surface area is 191 Å². The van der Waals surface area contributed by atoms with Gasteiger partial charge in [-0.3, -0.25) is 4.79 Å². The third-order valence-electron chi connectivity index (χ3n) is 5.07. The zero-order chi connectivity index (χ0) is 22.3. The van der Waals surface area contributed by atoms with Gasteiger partial charge in [-0.2, -0.15) is 0 Å². The molecule has 1 amide bonds. The van der Waals surface area contributed by atoms with Gasteiger partial charge in [0.15, 0.2) is 11.5 Å². The van der Waals surface area contributed by atoms with Crippen LogP contribution in [0.3, 0.4) is 0 Å². The highest BCUT2D eigenvalue weighted by molar-refractivity contribution is 7.98. The zero-order valence-corrected chi connectivity index (χ0v) is 18.9. The quantitative estimate of drug-likeness (QED) is 0.380. The average molecular weight is 448 g/mol. The van der Waals surface area contributed by atoms with Crippen molar-refractivity contribution >= 4 is 23.3 Å². The molecular weight excluding hydrogens is 422 g/mol. The molecule has 0 aliphatic rings. The van der Waals surface area contributed by atoms with Crippen LogP contribution >= 0.6 is 11.8 Å². The van der Waals surface area contributed by atoms with E-state index in [1.807, 2.05) is 77.5 Å². The lowest BCUT2D eigenvalue weighted by Gasteiger charge is -2.11. The Kier molecular flexibility index (Phi) is 6.97. The van der Waals surface area contributed by atoms with E-state index in [-0.39, 0.29) is 5.91 Å². The largest absolute Gasteiger partial charge is 0.493 e. The Morgan fingerprint density at radius 1 is 1.03 bits per heavy atom.